The van der Waals surface area contributed by atoms with Crippen LogP contribution in [-0.4, -0.2) is 49.0 Å². The van der Waals surface area contributed by atoms with Crippen molar-refractivity contribution in [1.29, 1.82) is 0 Å². The van der Waals surface area contributed by atoms with Gasteiger partial charge in [-0.1, -0.05) is 30.3 Å². The molecule has 0 bridgehead atoms. The van der Waals surface area contributed by atoms with Crippen LogP contribution in [0.25, 0.3) is 0 Å². The normalized spacial score (nSPS) is 23.6. The lowest BCUT2D eigenvalue weighted by atomic mass is 9.89. The minimum Gasteiger partial charge on any atom is -0.459 e. The molecule has 1 fully saturated rings. The number of likely N-dealkylation sites (tertiary alicyclic amines) is 1. The van der Waals surface area contributed by atoms with Crippen molar-refractivity contribution in [3.63, 3.8) is 0 Å². The first-order valence-corrected chi connectivity index (χ1v) is 7.50. The van der Waals surface area contributed by atoms with Crippen molar-refractivity contribution in [2.75, 3.05) is 26.2 Å². The predicted octanol–water partition coefficient (Wildman–Crippen LogP) is 1.29. The van der Waals surface area contributed by atoms with Gasteiger partial charge in [-0.05, 0) is 25.9 Å². The zero-order valence-electron chi connectivity index (χ0n) is 12.1. The smallest absolute Gasteiger partial charge is 0.282 e. The van der Waals surface area contributed by atoms with Crippen molar-refractivity contribution in [3.8, 4) is 0 Å². The van der Waals surface area contributed by atoms with Gasteiger partial charge in [0.1, 0.15) is 6.10 Å². The highest BCUT2D eigenvalue weighted by molar-refractivity contribution is 5.97. The van der Waals surface area contributed by atoms with Gasteiger partial charge in [0.05, 0.1) is 6.54 Å². The van der Waals surface area contributed by atoms with E-state index in [-0.39, 0.29) is 17.8 Å². The quantitative estimate of drug-likeness (QED) is 0.847. The summed E-state index contributed by atoms with van der Waals surface area (Å²) in [5.41, 5.74) is 6.35. The zero-order chi connectivity index (χ0) is 14.7. The number of amidine groups is 1. The maximum atomic E-state index is 12.4. The van der Waals surface area contributed by atoms with E-state index in [2.05, 4.69) is 9.89 Å². The Balaban J connectivity index is 1.48. The first-order chi connectivity index (χ1) is 10.2. The molecule has 5 heteroatoms. The van der Waals surface area contributed by atoms with Gasteiger partial charge in [-0.2, -0.15) is 0 Å². The third-order valence-corrected chi connectivity index (χ3v) is 4.22. The summed E-state index contributed by atoms with van der Waals surface area (Å²) in [7, 11) is 0. The molecule has 0 amide bonds. The topological polar surface area (TPSA) is 67.9 Å². The fraction of sp³-hybridized carbons (Fsp3) is 0.500. The van der Waals surface area contributed by atoms with Crippen LogP contribution in [0.2, 0.25) is 0 Å². The molecule has 0 aliphatic carbocycles. The van der Waals surface area contributed by atoms with Gasteiger partial charge in [-0.3, -0.25) is 9.69 Å². The Kier molecular flexibility index (Phi) is 4.20. The molecular formula is C16H21N3O2. The number of benzene rings is 1. The number of ether oxygens (including phenoxy) is 1. The fourth-order valence-corrected chi connectivity index (χ4v) is 3.04. The Bertz CT molecular complexity index is 522. The molecule has 0 radical (unpaired) electrons. The van der Waals surface area contributed by atoms with Gasteiger partial charge in [0.15, 0.2) is 5.78 Å². The summed E-state index contributed by atoms with van der Waals surface area (Å²) < 4.78 is 5.43. The number of aliphatic imine (C=N–C) groups is 1. The second kappa shape index (κ2) is 6.26. The van der Waals surface area contributed by atoms with E-state index >= 15 is 0 Å². The van der Waals surface area contributed by atoms with Crippen LogP contribution in [-0.2, 0) is 4.74 Å². The summed E-state index contributed by atoms with van der Waals surface area (Å²) in [6.07, 6.45) is 1.90. The van der Waals surface area contributed by atoms with E-state index in [0.29, 0.717) is 12.6 Å². The molecule has 1 atom stereocenters. The van der Waals surface area contributed by atoms with Crippen LogP contribution in [0.15, 0.2) is 35.3 Å². The van der Waals surface area contributed by atoms with E-state index in [1.54, 1.807) is 0 Å². The van der Waals surface area contributed by atoms with Gasteiger partial charge < -0.3 is 10.5 Å². The third kappa shape index (κ3) is 3.42. The van der Waals surface area contributed by atoms with Gasteiger partial charge in [0, 0.05) is 18.0 Å². The molecule has 1 unspecified atom stereocenters. The van der Waals surface area contributed by atoms with Crippen molar-refractivity contribution < 1.29 is 9.53 Å². The summed E-state index contributed by atoms with van der Waals surface area (Å²) >= 11 is 0. The largest absolute Gasteiger partial charge is 0.459 e. The lowest BCUT2D eigenvalue weighted by Gasteiger charge is -2.32. The Labute approximate surface area is 124 Å². The number of piperidine rings is 1. The Morgan fingerprint density at radius 3 is 2.62 bits per heavy atom. The van der Waals surface area contributed by atoms with E-state index in [4.69, 9.17) is 10.5 Å². The minimum absolute atomic E-state index is 0.0753. The SMILES string of the molecule is NC1=NCC(CN2CCC(C(=O)c3ccccc3)CC2)O1. The first-order valence-electron chi connectivity index (χ1n) is 7.50. The van der Waals surface area contributed by atoms with E-state index in [1.807, 2.05) is 30.3 Å². The van der Waals surface area contributed by atoms with Crippen LogP contribution in [0.3, 0.4) is 0 Å². The number of rotatable bonds is 4. The molecule has 3 rings (SSSR count). The van der Waals surface area contributed by atoms with Gasteiger partial charge >= 0.3 is 0 Å². The highest BCUT2D eigenvalue weighted by Gasteiger charge is 2.28. The number of nitrogens with two attached hydrogens (primary N) is 1. The molecule has 2 aliphatic heterocycles. The highest BCUT2D eigenvalue weighted by Crippen LogP contribution is 2.22. The molecule has 0 spiro atoms. The number of carbonyl (C=O) groups is 1. The summed E-state index contributed by atoms with van der Waals surface area (Å²) in [5.74, 6) is 0.425. The molecule has 0 saturated carbocycles. The van der Waals surface area contributed by atoms with E-state index < -0.39 is 0 Å². The van der Waals surface area contributed by atoms with E-state index in [1.165, 1.54) is 0 Å². The second-order valence-corrected chi connectivity index (χ2v) is 5.72. The van der Waals surface area contributed by atoms with Gasteiger partial charge in [0.2, 0.25) is 0 Å². The average Bonchev–Trinajstić information content (AvgIpc) is 2.93. The maximum absolute atomic E-state index is 12.4. The van der Waals surface area contributed by atoms with Crippen LogP contribution in [0.5, 0.6) is 0 Å². The molecule has 1 saturated heterocycles. The van der Waals surface area contributed by atoms with Crippen molar-refractivity contribution in [2.45, 2.75) is 18.9 Å². The number of nitrogens with zero attached hydrogens (tertiary/aromatic N) is 2. The lowest BCUT2D eigenvalue weighted by molar-refractivity contribution is 0.0785. The van der Waals surface area contributed by atoms with Crippen LogP contribution in [0.1, 0.15) is 23.2 Å². The molecule has 2 N–H and O–H groups in total. The van der Waals surface area contributed by atoms with E-state index in [0.717, 1.165) is 38.0 Å². The maximum Gasteiger partial charge on any atom is 0.282 e. The summed E-state index contributed by atoms with van der Waals surface area (Å²) in [6, 6.07) is 9.89. The van der Waals surface area contributed by atoms with E-state index in [9.17, 15) is 4.79 Å². The molecule has 1 aromatic carbocycles. The molecule has 0 aromatic heterocycles. The molecular weight excluding hydrogens is 266 g/mol. The standard InChI is InChI=1S/C16H21N3O2/c17-16-18-10-14(21-16)11-19-8-6-13(7-9-19)15(20)12-4-2-1-3-5-12/h1-5,13-14H,6-11H2,(H2,17,18). The molecule has 21 heavy (non-hydrogen) atoms. The van der Waals surface area contributed by atoms with Gasteiger partial charge in [0.25, 0.3) is 6.02 Å². The number of ketones is 1. The minimum atomic E-state index is 0.0753. The lowest BCUT2D eigenvalue weighted by Crippen LogP contribution is -2.41. The molecule has 1 aromatic rings. The molecule has 112 valence electrons. The Hall–Kier alpha value is -1.88. The third-order valence-electron chi connectivity index (χ3n) is 4.22. The van der Waals surface area contributed by atoms with Crippen molar-refractivity contribution >= 4 is 11.8 Å². The second-order valence-electron chi connectivity index (χ2n) is 5.72. The molecule has 5 nitrogen and oxygen atoms in total. The number of hydrogen-bond donors (Lipinski definition) is 1. The zero-order valence-corrected chi connectivity index (χ0v) is 12.1. The van der Waals surface area contributed by atoms with Crippen molar-refractivity contribution in [3.05, 3.63) is 35.9 Å². The summed E-state index contributed by atoms with van der Waals surface area (Å²) in [6.45, 7) is 3.36. The monoisotopic (exact) mass is 287 g/mol. The van der Waals surface area contributed by atoms with Crippen LogP contribution in [0, 0.1) is 5.92 Å². The number of Topliss-reactive ketones (excluding diaryl/α,β-unsaturated/α-hetero) is 1. The van der Waals surface area contributed by atoms with Crippen molar-refractivity contribution in [2.24, 2.45) is 16.6 Å². The predicted molar refractivity (Wildman–Crippen MR) is 81.3 cm³/mol. The number of carbonyl (C=O) groups excluding carboxylic acids is 1. The van der Waals surface area contributed by atoms with Gasteiger partial charge in [-0.25, -0.2) is 4.99 Å². The average molecular weight is 287 g/mol. The summed E-state index contributed by atoms with van der Waals surface area (Å²) in [4.78, 5) is 18.8. The van der Waals surface area contributed by atoms with Crippen LogP contribution >= 0.6 is 0 Å². The van der Waals surface area contributed by atoms with Crippen LogP contribution < -0.4 is 5.73 Å². The Morgan fingerprint density at radius 1 is 1.29 bits per heavy atom. The van der Waals surface area contributed by atoms with Gasteiger partial charge in [-0.15, -0.1) is 0 Å². The summed E-state index contributed by atoms with van der Waals surface area (Å²) in [5, 5.41) is 0. The van der Waals surface area contributed by atoms with Crippen LogP contribution in [0.4, 0.5) is 0 Å². The Morgan fingerprint density at radius 2 is 2.00 bits per heavy atom. The van der Waals surface area contributed by atoms with Crippen molar-refractivity contribution in [1.82, 2.24) is 4.90 Å². The molecule has 2 aliphatic rings. The fourth-order valence-electron chi connectivity index (χ4n) is 3.04. The first kappa shape index (κ1) is 14.1. The highest BCUT2D eigenvalue weighted by atomic mass is 16.5. The molecule has 2 heterocycles. The number of hydrogen-bond acceptors (Lipinski definition) is 5.